The first-order chi connectivity index (χ1) is 16.1. The van der Waals surface area contributed by atoms with Crippen LogP contribution in [-0.4, -0.2) is 0 Å². The van der Waals surface area contributed by atoms with E-state index in [1.807, 2.05) is 54.6 Å². The zero-order valence-electron chi connectivity index (χ0n) is 19.2. The van der Waals surface area contributed by atoms with Crippen molar-refractivity contribution >= 4 is 10.8 Å². The highest BCUT2D eigenvalue weighted by Crippen LogP contribution is 2.22. The summed E-state index contributed by atoms with van der Waals surface area (Å²) in [4.78, 5) is 0. The predicted molar refractivity (Wildman–Crippen MR) is 137 cm³/mol. The summed E-state index contributed by atoms with van der Waals surface area (Å²) in [6.45, 7) is 4.27. The van der Waals surface area contributed by atoms with Gasteiger partial charge in [0.25, 0.3) is 0 Å². The highest BCUT2D eigenvalue weighted by Gasteiger charge is 2.06. The highest BCUT2D eigenvalue weighted by molar-refractivity contribution is 5.86. The van der Waals surface area contributed by atoms with E-state index in [0.717, 1.165) is 28.5 Å². The zero-order chi connectivity index (χ0) is 23.0. The van der Waals surface area contributed by atoms with Crippen molar-refractivity contribution in [2.24, 2.45) is 0 Å². The second kappa shape index (κ2) is 10.7. The Balaban J connectivity index is 1.52. The molecule has 0 N–H and O–H groups in total. The summed E-state index contributed by atoms with van der Waals surface area (Å²) in [5.41, 5.74) is 5.67. The minimum atomic E-state index is -0.283. The van der Waals surface area contributed by atoms with Crippen LogP contribution in [0.3, 0.4) is 0 Å². The molecule has 0 aliphatic carbocycles. The van der Waals surface area contributed by atoms with Gasteiger partial charge in [0.2, 0.25) is 0 Å². The summed E-state index contributed by atoms with van der Waals surface area (Å²) < 4.78 is 15.1. The Hall–Kier alpha value is -3.81. The lowest BCUT2D eigenvalue weighted by molar-refractivity contribution is 0.636. The second-order valence-electron chi connectivity index (χ2n) is 8.38. The van der Waals surface area contributed by atoms with E-state index in [2.05, 4.69) is 49.7 Å². The lowest BCUT2D eigenvalue weighted by Gasteiger charge is -2.03. The predicted octanol–water partition coefficient (Wildman–Crippen LogP) is 7.82. The van der Waals surface area contributed by atoms with Crippen LogP contribution in [0.4, 0.5) is 4.39 Å². The Morgan fingerprint density at radius 2 is 1.30 bits per heavy atom. The topological polar surface area (TPSA) is 0 Å². The van der Waals surface area contributed by atoms with E-state index in [9.17, 15) is 0 Å². The monoisotopic (exact) mass is 430 g/mol. The first-order valence-corrected chi connectivity index (χ1v) is 11.5. The fourth-order valence-electron chi connectivity index (χ4n) is 3.72. The summed E-state index contributed by atoms with van der Waals surface area (Å²) in [5.74, 6) is 12.2. The van der Waals surface area contributed by atoms with Crippen LogP contribution in [0.15, 0.2) is 78.9 Å². The molecule has 0 fully saturated rings. The van der Waals surface area contributed by atoms with Crippen LogP contribution in [0.2, 0.25) is 0 Å². The fourth-order valence-corrected chi connectivity index (χ4v) is 3.72. The number of halogens is 1. The molecule has 4 aromatic rings. The lowest BCUT2D eigenvalue weighted by atomic mass is 10.0. The Bertz CT molecular complexity index is 1370. The van der Waals surface area contributed by atoms with Crippen molar-refractivity contribution in [3.05, 3.63) is 118 Å². The molecule has 0 aromatic heterocycles. The summed E-state index contributed by atoms with van der Waals surface area (Å²) in [5, 5.41) is 1.39. The van der Waals surface area contributed by atoms with Crippen LogP contribution in [0.25, 0.3) is 10.8 Å². The number of unbranched alkanes of at least 4 members (excludes halogenated alkanes) is 2. The minimum Gasteiger partial charge on any atom is -0.205 e. The maximum Gasteiger partial charge on any atom is 0.146 e. The number of rotatable bonds is 4. The van der Waals surface area contributed by atoms with Gasteiger partial charge in [-0.25, -0.2) is 4.39 Å². The standard InChI is InChI=1S/C32H27F/c1-3-4-5-6-25-11-13-27(14-12-25)17-19-29-20-21-30-23-28(18-22-31(30)32(29)33)16-15-26-9-7-24(2)8-10-26/h7-14,18,20-23H,3-6H2,1-2H3. The van der Waals surface area contributed by atoms with Crippen LogP contribution in [-0.2, 0) is 6.42 Å². The van der Waals surface area contributed by atoms with Crippen LogP contribution in [0.5, 0.6) is 0 Å². The number of hydrogen-bond donors (Lipinski definition) is 0. The summed E-state index contributed by atoms with van der Waals surface area (Å²) in [6.07, 6.45) is 4.79. The molecule has 1 heteroatoms. The summed E-state index contributed by atoms with van der Waals surface area (Å²) in [6, 6.07) is 25.6. The van der Waals surface area contributed by atoms with E-state index < -0.39 is 0 Å². The Morgan fingerprint density at radius 1 is 0.667 bits per heavy atom. The zero-order valence-corrected chi connectivity index (χ0v) is 19.2. The second-order valence-corrected chi connectivity index (χ2v) is 8.38. The maximum atomic E-state index is 15.1. The normalized spacial score (nSPS) is 10.3. The lowest BCUT2D eigenvalue weighted by Crippen LogP contribution is -1.88. The summed E-state index contributed by atoms with van der Waals surface area (Å²) in [7, 11) is 0. The molecule has 0 radical (unpaired) electrons. The Labute approximate surface area is 196 Å². The van der Waals surface area contributed by atoms with Crippen molar-refractivity contribution in [1.29, 1.82) is 0 Å². The smallest absolute Gasteiger partial charge is 0.146 e. The van der Waals surface area contributed by atoms with Gasteiger partial charge in [0, 0.05) is 22.1 Å². The van der Waals surface area contributed by atoms with Crippen molar-refractivity contribution in [1.82, 2.24) is 0 Å². The van der Waals surface area contributed by atoms with Gasteiger partial charge in [0.05, 0.1) is 5.56 Å². The molecule has 0 bridgehead atoms. The van der Waals surface area contributed by atoms with Crippen LogP contribution >= 0.6 is 0 Å². The van der Waals surface area contributed by atoms with Crippen molar-refractivity contribution < 1.29 is 4.39 Å². The highest BCUT2D eigenvalue weighted by atomic mass is 19.1. The minimum absolute atomic E-state index is 0.283. The molecule has 0 nitrogen and oxygen atoms in total. The molecule has 33 heavy (non-hydrogen) atoms. The Kier molecular flexibility index (Phi) is 7.24. The van der Waals surface area contributed by atoms with Gasteiger partial charge in [0.1, 0.15) is 5.82 Å². The van der Waals surface area contributed by atoms with Gasteiger partial charge in [-0.05, 0) is 73.2 Å². The molecular formula is C32H27F. The van der Waals surface area contributed by atoms with E-state index >= 15 is 4.39 Å². The average molecular weight is 431 g/mol. The average Bonchev–Trinajstić information content (AvgIpc) is 2.84. The molecule has 0 heterocycles. The van der Waals surface area contributed by atoms with E-state index in [4.69, 9.17) is 0 Å². The molecule has 4 rings (SSSR count). The van der Waals surface area contributed by atoms with Gasteiger partial charge in [-0.2, -0.15) is 0 Å². The first kappa shape index (κ1) is 22.4. The Morgan fingerprint density at radius 3 is 2.03 bits per heavy atom. The molecule has 0 unspecified atom stereocenters. The quantitative estimate of drug-likeness (QED) is 0.229. The third-order valence-electron chi connectivity index (χ3n) is 5.72. The molecule has 0 amide bonds. The van der Waals surface area contributed by atoms with Crippen LogP contribution in [0, 0.1) is 36.4 Å². The number of aryl methyl sites for hydroxylation is 2. The number of benzene rings is 4. The fraction of sp³-hybridized carbons (Fsp3) is 0.188. The number of fused-ring (bicyclic) bond motifs is 1. The SMILES string of the molecule is CCCCCc1ccc(C#Cc2ccc3cc(C#Cc4ccc(C)cc4)ccc3c2F)cc1. The van der Waals surface area contributed by atoms with Crippen molar-refractivity contribution in [3.8, 4) is 23.7 Å². The molecule has 0 saturated heterocycles. The first-order valence-electron chi connectivity index (χ1n) is 11.5. The molecular weight excluding hydrogens is 403 g/mol. The third kappa shape index (κ3) is 5.91. The maximum absolute atomic E-state index is 15.1. The molecule has 0 saturated carbocycles. The van der Waals surface area contributed by atoms with Gasteiger partial charge in [-0.15, -0.1) is 0 Å². The largest absolute Gasteiger partial charge is 0.205 e. The molecule has 4 aromatic carbocycles. The molecule has 0 spiro atoms. The van der Waals surface area contributed by atoms with Gasteiger partial charge in [-0.3, -0.25) is 0 Å². The molecule has 0 aliphatic rings. The van der Waals surface area contributed by atoms with E-state index in [1.165, 1.54) is 30.4 Å². The van der Waals surface area contributed by atoms with Crippen molar-refractivity contribution in [2.45, 2.75) is 39.5 Å². The van der Waals surface area contributed by atoms with Crippen LogP contribution in [0.1, 0.15) is 59.6 Å². The van der Waals surface area contributed by atoms with Gasteiger partial charge >= 0.3 is 0 Å². The van der Waals surface area contributed by atoms with Crippen molar-refractivity contribution in [2.75, 3.05) is 0 Å². The van der Waals surface area contributed by atoms with Gasteiger partial charge in [-0.1, -0.05) is 85.4 Å². The van der Waals surface area contributed by atoms with Gasteiger partial charge in [0.15, 0.2) is 0 Å². The number of hydrogen-bond acceptors (Lipinski definition) is 0. The van der Waals surface area contributed by atoms with E-state index in [-0.39, 0.29) is 5.82 Å². The van der Waals surface area contributed by atoms with E-state index in [0.29, 0.717) is 10.9 Å². The van der Waals surface area contributed by atoms with Crippen LogP contribution < -0.4 is 0 Å². The van der Waals surface area contributed by atoms with E-state index in [1.54, 1.807) is 12.1 Å². The molecule has 0 aliphatic heterocycles. The van der Waals surface area contributed by atoms with Crippen molar-refractivity contribution in [3.63, 3.8) is 0 Å². The molecule has 162 valence electrons. The summed E-state index contributed by atoms with van der Waals surface area (Å²) >= 11 is 0. The molecule has 0 atom stereocenters. The third-order valence-corrected chi connectivity index (χ3v) is 5.72. The van der Waals surface area contributed by atoms with Gasteiger partial charge < -0.3 is 0 Å².